The summed E-state index contributed by atoms with van der Waals surface area (Å²) in [7, 11) is 1.86. The number of benzene rings is 1. The predicted octanol–water partition coefficient (Wildman–Crippen LogP) is 2.34. The van der Waals surface area contributed by atoms with E-state index in [0.717, 1.165) is 5.56 Å². The highest BCUT2D eigenvalue weighted by atomic mass is 16.1. The molecule has 1 aromatic rings. The summed E-state index contributed by atoms with van der Waals surface area (Å²) >= 11 is 0. The molecule has 100 valence electrons. The monoisotopic (exact) mass is 248 g/mol. The van der Waals surface area contributed by atoms with Crippen LogP contribution in [0.5, 0.6) is 0 Å². The highest BCUT2D eigenvalue weighted by Crippen LogP contribution is 2.17. The average molecular weight is 248 g/mol. The average Bonchev–Trinajstić information content (AvgIpc) is 2.27. The quantitative estimate of drug-likeness (QED) is 0.839. The standard InChI is InChI=1S/C15H24N2O/c1-10-6-11(2)8-14(7-10)13(4)17-15(18)12(3)9-16-5/h6-8,12-13,16H,9H2,1-5H3,(H,17,18). The Bertz CT molecular complexity index is 395. The molecule has 0 heterocycles. The van der Waals surface area contributed by atoms with Crippen molar-refractivity contribution in [1.82, 2.24) is 10.6 Å². The molecule has 2 unspecified atom stereocenters. The van der Waals surface area contributed by atoms with Gasteiger partial charge in [-0.1, -0.05) is 36.2 Å². The third kappa shape index (κ3) is 4.15. The molecule has 0 radical (unpaired) electrons. The van der Waals surface area contributed by atoms with Gasteiger partial charge in [0.2, 0.25) is 5.91 Å². The Morgan fingerprint density at radius 1 is 1.17 bits per heavy atom. The third-order valence-electron chi connectivity index (χ3n) is 3.06. The van der Waals surface area contributed by atoms with Crippen molar-refractivity contribution in [1.29, 1.82) is 0 Å². The topological polar surface area (TPSA) is 41.1 Å². The molecule has 0 saturated heterocycles. The molecule has 1 amide bonds. The van der Waals surface area contributed by atoms with Crippen molar-refractivity contribution in [3.63, 3.8) is 0 Å². The van der Waals surface area contributed by atoms with Crippen molar-refractivity contribution in [2.45, 2.75) is 33.7 Å². The second-order valence-electron chi connectivity index (χ2n) is 5.11. The molecule has 0 aliphatic rings. The molecule has 2 N–H and O–H groups in total. The molecular weight excluding hydrogens is 224 g/mol. The molecule has 0 aromatic heterocycles. The van der Waals surface area contributed by atoms with Crippen LogP contribution in [0.4, 0.5) is 0 Å². The van der Waals surface area contributed by atoms with Gasteiger partial charge in [-0.15, -0.1) is 0 Å². The number of hydrogen-bond donors (Lipinski definition) is 2. The van der Waals surface area contributed by atoms with Gasteiger partial charge in [0.15, 0.2) is 0 Å². The zero-order valence-electron chi connectivity index (χ0n) is 12.0. The molecule has 1 aromatic carbocycles. The van der Waals surface area contributed by atoms with Crippen LogP contribution in [-0.2, 0) is 4.79 Å². The van der Waals surface area contributed by atoms with Crippen LogP contribution in [0.2, 0.25) is 0 Å². The number of rotatable bonds is 5. The van der Waals surface area contributed by atoms with Crippen molar-refractivity contribution in [2.75, 3.05) is 13.6 Å². The maximum absolute atomic E-state index is 11.9. The van der Waals surface area contributed by atoms with E-state index in [2.05, 4.69) is 42.7 Å². The molecule has 0 saturated carbocycles. The van der Waals surface area contributed by atoms with Crippen molar-refractivity contribution in [3.05, 3.63) is 34.9 Å². The lowest BCUT2D eigenvalue weighted by Gasteiger charge is -2.18. The lowest BCUT2D eigenvalue weighted by molar-refractivity contribution is -0.125. The summed E-state index contributed by atoms with van der Waals surface area (Å²) in [6.45, 7) is 8.81. The molecule has 2 atom stereocenters. The third-order valence-corrected chi connectivity index (χ3v) is 3.06. The van der Waals surface area contributed by atoms with Crippen LogP contribution in [0.15, 0.2) is 18.2 Å². The first-order chi connectivity index (χ1) is 8.43. The van der Waals surface area contributed by atoms with Gasteiger partial charge in [0.1, 0.15) is 0 Å². The molecule has 0 aliphatic heterocycles. The number of hydrogen-bond acceptors (Lipinski definition) is 2. The van der Waals surface area contributed by atoms with Crippen molar-refractivity contribution in [3.8, 4) is 0 Å². The molecule has 1 rings (SSSR count). The maximum atomic E-state index is 11.9. The lowest BCUT2D eigenvalue weighted by Crippen LogP contribution is -2.35. The van der Waals surface area contributed by atoms with Gasteiger partial charge in [-0.05, 0) is 33.4 Å². The minimum absolute atomic E-state index is 0.0108. The molecule has 0 spiro atoms. The Hall–Kier alpha value is -1.35. The Morgan fingerprint density at radius 2 is 1.72 bits per heavy atom. The van der Waals surface area contributed by atoms with Gasteiger partial charge in [0.25, 0.3) is 0 Å². The molecule has 18 heavy (non-hydrogen) atoms. The van der Waals surface area contributed by atoms with Crippen LogP contribution in [0, 0.1) is 19.8 Å². The highest BCUT2D eigenvalue weighted by molar-refractivity contribution is 5.78. The second kappa shape index (κ2) is 6.55. The fraction of sp³-hybridized carbons (Fsp3) is 0.533. The van der Waals surface area contributed by atoms with Gasteiger partial charge in [-0.2, -0.15) is 0 Å². The normalized spacial score (nSPS) is 14.1. The van der Waals surface area contributed by atoms with Crippen LogP contribution in [0.1, 0.15) is 36.6 Å². The SMILES string of the molecule is CNCC(C)C(=O)NC(C)c1cc(C)cc(C)c1. The second-order valence-corrected chi connectivity index (χ2v) is 5.11. The number of nitrogens with one attached hydrogen (secondary N) is 2. The van der Waals surface area contributed by atoms with Gasteiger partial charge < -0.3 is 10.6 Å². The van der Waals surface area contributed by atoms with Crippen LogP contribution < -0.4 is 10.6 Å². The van der Waals surface area contributed by atoms with E-state index >= 15 is 0 Å². The minimum atomic E-state index is -0.0108. The molecule has 3 nitrogen and oxygen atoms in total. The number of aryl methyl sites for hydroxylation is 2. The fourth-order valence-electron chi connectivity index (χ4n) is 2.10. The molecule has 0 aliphatic carbocycles. The smallest absolute Gasteiger partial charge is 0.224 e. The summed E-state index contributed by atoms with van der Waals surface area (Å²) in [5.41, 5.74) is 3.63. The zero-order valence-corrected chi connectivity index (χ0v) is 12.0. The van der Waals surface area contributed by atoms with Gasteiger partial charge in [0.05, 0.1) is 6.04 Å². The van der Waals surface area contributed by atoms with E-state index in [4.69, 9.17) is 0 Å². The van der Waals surface area contributed by atoms with E-state index in [0.29, 0.717) is 6.54 Å². The first-order valence-electron chi connectivity index (χ1n) is 6.47. The van der Waals surface area contributed by atoms with Gasteiger partial charge in [-0.3, -0.25) is 4.79 Å². The van der Waals surface area contributed by atoms with Gasteiger partial charge in [-0.25, -0.2) is 0 Å². The van der Waals surface area contributed by atoms with Gasteiger partial charge >= 0.3 is 0 Å². The van der Waals surface area contributed by atoms with Gasteiger partial charge in [0, 0.05) is 12.5 Å². The van der Waals surface area contributed by atoms with E-state index in [1.807, 2.05) is 20.9 Å². The largest absolute Gasteiger partial charge is 0.349 e. The summed E-state index contributed by atoms with van der Waals surface area (Å²) in [6, 6.07) is 6.44. The Labute approximate surface area is 110 Å². The lowest BCUT2D eigenvalue weighted by atomic mass is 10.0. The van der Waals surface area contributed by atoms with Crippen molar-refractivity contribution < 1.29 is 4.79 Å². The summed E-state index contributed by atoms with van der Waals surface area (Å²) < 4.78 is 0. The van der Waals surface area contributed by atoms with E-state index in [-0.39, 0.29) is 17.9 Å². The number of amides is 1. The Balaban J connectivity index is 2.70. The van der Waals surface area contributed by atoms with E-state index in [9.17, 15) is 4.79 Å². The predicted molar refractivity (Wildman–Crippen MR) is 75.6 cm³/mol. The summed E-state index contributed by atoms with van der Waals surface area (Å²) in [5, 5.41) is 6.08. The van der Waals surface area contributed by atoms with Crippen LogP contribution in [-0.4, -0.2) is 19.5 Å². The van der Waals surface area contributed by atoms with Crippen LogP contribution in [0.25, 0.3) is 0 Å². The minimum Gasteiger partial charge on any atom is -0.349 e. The highest BCUT2D eigenvalue weighted by Gasteiger charge is 2.15. The van der Waals surface area contributed by atoms with E-state index in [1.54, 1.807) is 0 Å². The Morgan fingerprint density at radius 3 is 2.22 bits per heavy atom. The van der Waals surface area contributed by atoms with Crippen molar-refractivity contribution in [2.24, 2.45) is 5.92 Å². The molecule has 3 heteroatoms. The first-order valence-corrected chi connectivity index (χ1v) is 6.47. The Kier molecular flexibility index (Phi) is 5.35. The molecule has 0 fully saturated rings. The summed E-state index contributed by atoms with van der Waals surface area (Å²) in [5.74, 6) is 0.0827. The van der Waals surface area contributed by atoms with E-state index < -0.39 is 0 Å². The van der Waals surface area contributed by atoms with Crippen molar-refractivity contribution >= 4 is 5.91 Å². The maximum Gasteiger partial charge on any atom is 0.224 e. The number of carbonyl (C=O) groups is 1. The van der Waals surface area contributed by atoms with E-state index in [1.165, 1.54) is 11.1 Å². The van der Waals surface area contributed by atoms with Crippen LogP contribution in [0.3, 0.4) is 0 Å². The molecule has 0 bridgehead atoms. The number of carbonyl (C=O) groups excluding carboxylic acids is 1. The first kappa shape index (κ1) is 14.7. The summed E-state index contributed by atoms with van der Waals surface area (Å²) in [6.07, 6.45) is 0. The zero-order chi connectivity index (χ0) is 13.7. The molecular formula is C15H24N2O. The fourth-order valence-corrected chi connectivity index (χ4v) is 2.10. The summed E-state index contributed by atoms with van der Waals surface area (Å²) in [4.78, 5) is 11.9. The van der Waals surface area contributed by atoms with Crippen LogP contribution >= 0.6 is 0 Å².